The van der Waals surface area contributed by atoms with Crippen LogP contribution < -0.4 is 4.74 Å². The summed E-state index contributed by atoms with van der Waals surface area (Å²) in [6.45, 7) is 2.97. The fourth-order valence-electron chi connectivity index (χ4n) is 2.81. The zero-order valence-electron chi connectivity index (χ0n) is 14.0. The summed E-state index contributed by atoms with van der Waals surface area (Å²) in [4.78, 5) is 18.3. The van der Waals surface area contributed by atoms with E-state index in [4.69, 9.17) is 9.26 Å². The molecule has 0 aliphatic carbocycles. The second kappa shape index (κ2) is 6.08. The van der Waals surface area contributed by atoms with Gasteiger partial charge in [0.25, 0.3) is 11.8 Å². The molecule has 0 saturated carbocycles. The van der Waals surface area contributed by atoms with Gasteiger partial charge in [-0.15, -0.1) is 0 Å². The molecule has 2 aromatic heterocycles. The molecule has 0 bridgehead atoms. The van der Waals surface area contributed by atoms with Crippen molar-refractivity contribution in [1.82, 2.24) is 19.6 Å². The number of likely N-dealkylation sites (tertiary alicyclic amines) is 1. The van der Waals surface area contributed by atoms with Crippen LogP contribution >= 0.6 is 0 Å². The third-order valence-electron chi connectivity index (χ3n) is 4.23. The molecule has 1 amide bonds. The minimum absolute atomic E-state index is 0.0146. The lowest BCUT2D eigenvalue weighted by Gasteiger charge is -2.39. The maximum absolute atomic E-state index is 12.3. The average Bonchev–Trinajstić information content (AvgIpc) is 3.19. The Morgan fingerprint density at radius 3 is 2.60 bits per heavy atom. The summed E-state index contributed by atoms with van der Waals surface area (Å²) in [7, 11) is 1.87. The van der Waals surface area contributed by atoms with Crippen LogP contribution in [-0.4, -0.2) is 44.7 Å². The summed E-state index contributed by atoms with van der Waals surface area (Å²) in [5, 5.41) is 3.78. The number of carbonyl (C=O) groups excluding carboxylic acids is 1. The largest absolute Gasteiger partial charge is 0.487 e. The van der Waals surface area contributed by atoms with Gasteiger partial charge in [-0.2, -0.15) is 4.98 Å². The SMILES string of the molecule is Cc1noc(-c2ccc(OC3CN(C(=O)c4cccn4C)C3)cc2)n1. The zero-order valence-corrected chi connectivity index (χ0v) is 14.0. The molecule has 1 aromatic carbocycles. The second-order valence-corrected chi connectivity index (χ2v) is 6.13. The summed E-state index contributed by atoms with van der Waals surface area (Å²) in [5.74, 6) is 1.89. The molecule has 7 heteroatoms. The van der Waals surface area contributed by atoms with Crippen LogP contribution in [0.1, 0.15) is 16.3 Å². The summed E-state index contributed by atoms with van der Waals surface area (Å²) >= 11 is 0. The van der Waals surface area contributed by atoms with Crippen molar-refractivity contribution in [3.05, 3.63) is 54.1 Å². The van der Waals surface area contributed by atoms with Crippen molar-refractivity contribution in [2.45, 2.75) is 13.0 Å². The van der Waals surface area contributed by atoms with Gasteiger partial charge in [-0.1, -0.05) is 5.16 Å². The number of amides is 1. The summed E-state index contributed by atoms with van der Waals surface area (Å²) in [6.07, 6.45) is 1.88. The first-order valence-corrected chi connectivity index (χ1v) is 8.08. The number of hydrogen-bond donors (Lipinski definition) is 0. The minimum Gasteiger partial charge on any atom is -0.487 e. The molecule has 1 saturated heterocycles. The first kappa shape index (κ1) is 15.4. The normalized spacial score (nSPS) is 14.4. The molecule has 0 N–H and O–H groups in total. The van der Waals surface area contributed by atoms with Gasteiger partial charge in [-0.25, -0.2) is 0 Å². The topological polar surface area (TPSA) is 73.4 Å². The third-order valence-corrected chi connectivity index (χ3v) is 4.23. The van der Waals surface area contributed by atoms with Gasteiger partial charge in [0.05, 0.1) is 13.1 Å². The molecule has 1 fully saturated rings. The monoisotopic (exact) mass is 338 g/mol. The standard InChI is InChI=1S/C18H18N4O3/c1-12-19-17(25-20-12)13-5-7-14(8-6-13)24-15-10-22(11-15)18(23)16-4-3-9-21(16)2/h3-9,15H,10-11H2,1-2H3. The van der Waals surface area contributed by atoms with E-state index in [2.05, 4.69) is 10.1 Å². The van der Waals surface area contributed by atoms with Gasteiger partial charge in [-0.05, 0) is 43.3 Å². The maximum atomic E-state index is 12.3. The molecule has 0 atom stereocenters. The van der Waals surface area contributed by atoms with Crippen LogP contribution in [0.5, 0.6) is 5.75 Å². The molecule has 4 rings (SSSR count). The van der Waals surface area contributed by atoms with Gasteiger partial charge in [0, 0.05) is 18.8 Å². The number of ether oxygens (including phenoxy) is 1. The predicted molar refractivity (Wildman–Crippen MR) is 90.2 cm³/mol. The minimum atomic E-state index is 0.0146. The van der Waals surface area contributed by atoms with Crippen LogP contribution in [0.2, 0.25) is 0 Å². The molecule has 7 nitrogen and oxygen atoms in total. The van der Waals surface area contributed by atoms with Crippen molar-refractivity contribution in [3.8, 4) is 17.2 Å². The highest BCUT2D eigenvalue weighted by atomic mass is 16.5. The molecule has 128 valence electrons. The van der Waals surface area contributed by atoms with Gasteiger partial charge in [-0.3, -0.25) is 4.79 Å². The first-order valence-electron chi connectivity index (χ1n) is 8.08. The lowest BCUT2D eigenvalue weighted by atomic mass is 10.1. The van der Waals surface area contributed by atoms with Crippen molar-refractivity contribution in [1.29, 1.82) is 0 Å². The van der Waals surface area contributed by atoms with E-state index in [-0.39, 0.29) is 12.0 Å². The lowest BCUT2D eigenvalue weighted by Crippen LogP contribution is -2.56. The van der Waals surface area contributed by atoms with E-state index in [0.717, 1.165) is 11.3 Å². The third kappa shape index (κ3) is 3.00. The summed E-state index contributed by atoms with van der Waals surface area (Å²) in [6, 6.07) is 11.2. The van der Waals surface area contributed by atoms with Crippen molar-refractivity contribution >= 4 is 5.91 Å². The highest BCUT2D eigenvalue weighted by molar-refractivity contribution is 5.93. The number of hydrogen-bond acceptors (Lipinski definition) is 5. The first-order chi connectivity index (χ1) is 12.1. The molecular formula is C18H18N4O3. The number of aryl methyl sites for hydroxylation is 2. The Labute approximate surface area is 144 Å². The molecular weight excluding hydrogens is 320 g/mol. The Kier molecular flexibility index (Phi) is 3.76. The number of nitrogens with zero attached hydrogens (tertiary/aromatic N) is 4. The Balaban J connectivity index is 1.34. The molecule has 3 heterocycles. The Hall–Kier alpha value is -3.09. The van der Waals surface area contributed by atoms with Crippen LogP contribution in [0.15, 0.2) is 47.1 Å². The van der Waals surface area contributed by atoms with Gasteiger partial charge in [0.2, 0.25) is 0 Å². The van der Waals surface area contributed by atoms with E-state index in [1.54, 1.807) is 11.8 Å². The number of benzene rings is 1. The quantitative estimate of drug-likeness (QED) is 0.730. The van der Waals surface area contributed by atoms with E-state index >= 15 is 0 Å². The Morgan fingerprint density at radius 1 is 1.24 bits per heavy atom. The molecule has 1 aliphatic heterocycles. The highest BCUT2D eigenvalue weighted by Gasteiger charge is 2.33. The molecule has 0 radical (unpaired) electrons. The Morgan fingerprint density at radius 2 is 2.00 bits per heavy atom. The molecule has 0 spiro atoms. The molecule has 3 aromatic rings. The second-order valence-electron chi connectivity index (χ2n) is 6.13. The smallest absolute Gasteiger partial charge is 0.270 e. The highest BCUT2D eigenvalue weighted by Crippen LogP contribution is 2.24. The fourth-order valence-corrected chi connectivity index (χ4v) is 2.81. The van der Waals surface area contributed by atoms with E-state index < -0.39 is 0 Å². The number of aromatic nitrogens is 3. The summed E-state index contributed by atoms with van der Waals surface area (Å²) < 4.78 is 12.9. The predicted octanol–water partition coefficient (Wildman–Crippen LogP) is 2.29. The zero-order chi connectivity index (χ0) is 17.4. The molecule has 1 aliphatic rings. The van der Waals surface area contributed by atoms with E-state index in [9.17, 15) is 4.79 Å². The van der Waals surface area contributed by atoms with Crippen molar-refractivity contribution in [2.75, 3.05) is 13.1 Å². The van der Waals surface area contributed by atoms with Crippen LogP contribution in [-0.2, 0) is 7.05 Å². The lowest BCUT2D eigenvalue weighted by molar-refractivity contribution is 0.0171. The van der Waals surface area contributed by atoms with Gasteiger partial charge >= 0.3 is 0 Å². The van der Waals surface area contributed by atoms with Gasteiger partial charge < -0.3 is 18.7 Å². The molecule has 0 unspecified atom stereocenters. The van der Waals surface area contributed by atoms with E-state index in [1.807, 2.05) is 54.2 Å². The number of rotatable bonds is 4. The average molecular weight is 338 g/mol. The van der Waals surface area contributed by atoms with Crippen molar-refractivity contribution in [2.24, 2.45) is 7.05 Å². The van der Waals surface area contributed by atoms with Crippen molar-refractivity contribution in [3.63, 3.8) is 0 Å². The van der Waals surface area contributed by atoms with Gasteiger partial charge in [0.1, 0.15) is 17.5 Å². The van der Waals surface area contributed by atoms with Crippen LogP contribution in [0.25, 0.3) is 11.5 Å². The fraction of sp³-hybridized carbons (Fsp3) is 0.278. The van der Waals surface area contributed by atoms with Crippen LogP contribution in [0, 0.1) is 6.92 Å². The maximum Gasteiger partial charge on any atom is 0.270 e. The Bertz CT molecular complexity index is 891. The molecule has 25 heavy (non-hydrogen) atoms. The number of carbonyl (C=O) groups is 1. The van der Waals surface area contributed by atoms with Crippen molar-refractivity contribution < 1.29 is 14.1 Å². The van der Waals surface area contributed by atoms with E-state index in [0.29, 0.717) is 30.5 Å². The van der Waals surface area contributed by atoms with Gasteiger partial charge in [0.15, 0.2) is 5.82 Å². The van der Waals surface area contributed by atoms with Crippen LogP contribution in [0.4, 0.5) is 0 Å². The summed E-state index contributed by atoms with van der Waals surface area (Å²) in [5.41, 5.74) is 1.54. The van der Waals surface area contributed by atoms with E-state index in [1.165, 1.54) is 0 Å². The van der Waals surface area contributed by atoms with Crippen LogP contribution in [0.3, 0.4) is 0 Å².